The molecule has 5 rings (SSSR count). The summed E-state index contributed by atoms with van der Waals surface area (Å²) >= 11 is 0. The molecule has 1 fully saturated rings. The van der Waals surface area contributed by atoms with Crippen LogP contribution in [0.4, 0.5) is 0 Å². The van der Waals surface area contributed by atoms with Crippen molar-refractivity contribution in [1.29, 1.82) is 0 Å². The standard InChI is InChI=1S/C28H33N5O3/c1-19-7-8-20-17-21(9-10-23(20)31-19)25-18-30-27(33-25)24(32-22-11-14-35-15-12-22)5-3-2-4-6-26(34)28-29-13-16-36-28/h7-10,13,16-18,22,24,32H,2-6,11-12,14-15H2,1H3,(H,30,33). The van der Waals surface area contributed by atoms with Gasteiger partial charge in [-0.2, -0.15) is 0 Å². The number of fused-ring (bicyclic) bond motifs is 1. The number of nitrogens with zero attached hydrogens (tertiary/aromatic N) is 3. The number of ether oxygens (including phenoxy) is 1. The monoisotopic (exact) mass is 487 g/mol. The fourth-order valence-electron chi connectivity index (χ4n) is 4.78. The number of pyridine rings is 1. The number of benzene rings is 1. The summed E-state index contributed by atoms with van der Waals surface area (Å²) < 4.78 is 10.6. The molecule has 1 atom stereocenters. The number of aromatic amines is 1. The molecule has 1 unspecified atom stereocenters. The number of Topliss-reactive ketones (excluding diaryl/α,β-unsaturated/α-hetero) is 1. The molecular weight excluding hydrogens is 454 g/mol. The molecular formula is C28H33N5O3. The van der Waals surface area contributed by atoms with Crippen molar-refractivity contribution >= 4 is 16.7 Å². The minimum absolute atomic E-state index is 0.0340. The van der Waals surface area contributed by atoms with E-state index in [0.717, 1.165) is 85.4 Å². The highest BCUT2D eigenvalue weighted by Crippen LogP contribution is 2.26. The maximum absolute atomic E-state index is 12.1. The van der Waals surface area contributed by atoms with E-state index in [4.69, 9.17) is 14.1 Å². The average Bonchev–Trinajstić information content (AvgIpc) is 3.61. The molecule has 1 aromatic carbocycles. The Hall–Kier alpha value is -3.36. The molecule has 0 aliphatic carbocycles. The lowest BCUT2D eigenvalue weighted by atomic mass is 10.0. The first kappa shape index (κ1) is 24.3. The maximum atomic E-state index is 12.1. The third kappa shape index (κ3) is 6.06. The summed E-state index contributed by atoms with van der Waals surface area (Å²) in [7, 11) is 0. The van der Waals surface area contributed by atoms with Gasteiger partial charge in [0.2, 0.25) is 5.78 Å². The van der Waals surface area contributed by atoms with Crippen molar-refractivity contribution < 1.29 is 13.9 Å². The number of aromatic nitrogens is 4. The Morgan fingerprint density at radius 1 is 1.14 bits per heavy atom. The van der Waals surface area contributed by atoms with Crippen LogP contribution in [0.5, 0.6) is 0 Å². The van der Waals surface area contributed by atoms with Gasteiger partial charge < -0.3 is 19.5 Å². The number of unbranched alkanes of at least 4 members (excludes halogenated alkanes) is 2. The Morgan fingerprint density at radius 3 is 2.86 bits per heavy atom. The molecule has 8 nitrogen and oxygen atoms in total. The molecule has 0 radical (unpaired) electrons. The number of hydrogen-bond acceptors (Lipinski definition) is 7. The van der Waals surface area contributed by atoms with E-state index in [-0.39, 0.29) is 17.7 Å². The molecule has 0 bridgehead atoms. The van der Waals surface area contributed by atoms with Gasteiger partial charge in [-0.3, -0.25) is 9.78 Å². The summed E-state index contributed by atoms with van der Waals surface area (Å²) in [6, 6.07) is 11.0. The zero-order valence-corrected chi connectivity index (χ0v) is 20.7. The van der Waals surface area contributed by atoms with Crippen LogP contribution in [0, 0.1) is 6.92 Å². The number of oxazole rings is 1. The molecule has 1 saturated heterocycles. The van der Waals surface area contributed by atoms with E-state index in [9.17, 15) is 4.79 Å². The van der Waals surface area contributed by atoms with Crippen LogP contribution >= 0.6 is 0 Å². The van der Waals surface area contributed by atoms with Gasteiger partial charge in [-0.1, -0.05) is 25.0 Å². The van der Waals surface area contributed by atoms with E-state index in [0.29, 0.717) is 12.5 Å². The Kier molecular flexibility index (Phi) is 7.83. The molecule has 1 aliphatic rings. The molecule has 0 spiro atoms. The predicted molar refractivity (Wildman–Crippen MR) is 138 cm³/mol. The number of hydrogen-bond donors (Lipinski definition) is 2. The zero-order chi connectivity index (χ0) is 24.7. The van der Waals surface area contributed by atoms with E-state index in [2.05, 4.69) is 44.5 Å². The van der Waals surface area contributed by atoms with Gasteiger partial charge in [-0.15, -0.1) is 0 Å². The third-order valence-electron chi connectivity index (χ3n) is 6.79. The van der Waals surface area contributed by atoms with Crippen LogP contribution < -0.4 is 5.32 Å². The molecule has 1 aliphatic heterocycles. The molecule has 4 aromatic rings. The highest BCUT2D eigenvalue weighted by molar-refractivity contribution is 5.91. The lowest BCUT2D eigenvalue weighted by molar-refractivity contribution is 0.0740. The molecule has 3 aromatic heterocycles. The van der Waals surface area contributed by atoms with Gasteiger partial charge in [0.15, 0.2) is 0 Å². The van der Waals surface area contributed by atoms with Crippen molar-refractivity contribution in [2.24, 2.45) is 0 Å². The van der Waals surface area contributed by atoms with Crippen molar-refractivity contribution in [1.82, 2.24) is 25.3 Å². The number of nitrogens with one attached hydrogen (secondary N) is 2. The van der Waals surface area contributed by atoms with E-state index in [1.165, 1.54) is 12.5 Å². The summed E-state index contributed by atoms with van der Waals surface area (Å²) in [6.45, 7) is 3.59. The number of imidazole rings is 1. The fraction of sp³-hybridized carbons (Fsp3) is 0.429. The van der Waals surface area contributed by atoms with Crippen LogP contribution in [0.15, 0.2) is 53.4 Å². The molecule has 8 heteroatoms. The van der Waals surface area contributed by atoms with E-state index >= 15 is 0 Å². The Labute approximate surface area is 210 Å². The first-order valence-electron chi connectivity index (χ1n) is 12.8. The van der Waals surface area contributed by atoms with Gasteiger partial charge in [0.1, 0.15) is 12.1 Å². The highest BCUT2D eigenvalue weighted by atomic mass is 16.5. The number of rotatable bonds is 11. The second-order valence-electron chi connectivity index (χ2n) is 9.51. The van der Waals surface area contributed by atoms with Gasteiger partial charge >= 0.3 is 0 Å². The van der Waals surface area contributed by atoms with Gasteiger partial charge in [-0.05, 0) is 50.8 Å². The minimum Gasteiger partial charge on any atom is -0.442 e. The van der Waals surface area contributed by atoms with Gasteiger partial charge in [0.25, 0.3) is 5.89 Å². The van der Waals surface area contributed by atoms with Crippen molar-refractivity contribution in [3.8, 4) is 11.3 Å². The van der Waals surface area contributed by atoms with Crippen molar-refractivity contribution in [2.75, 3.05) is 13.2 Å². The molecule has 4 heterocycles. The number of carbonyl (C=O) groups is 1. The Balaban J connectivity index is 1.24. The van der Waals surface area contributed by atoms with E-state index in [1.807, 2.05) is 19.2 Å². The van der Waals surface area contributed by atoms with Crippen LogP contribution in [0.1, 0.15) is 73.2 Å². The topological polar surface area (TPSA) is 106 Å². The normalized spacial score (nSPS) is 15.4. The number of aryl methyl sites for hydroxylation is 1. The molecule has 36 heavy (non-hydrogen) atoms. The molecule has 0 saturated carbocycles. The van der Waals surface area contributed by atoms with Gasteiger partial charge in [0, 0.05) is 42.3 Å². The second kappa shape index (κ2) is 11.6. The fourth-order valence-corrected chi connectivity index (χ4v) is 4.78. The van der Waals surface area contributed by atoms with Gasteiger partial charge in [0.05, 0.1) is 29.6 Å². The van der Waals surface area contributed by atoms with Crippen molar-refractivity contribution in [3.63, 3.8) is 0 Å². The predicted octanol–water partition coefficient (Wildman–Crippen LogP) is 5.56. The van der Waals surface area contributed by atoms with Crippen LogP contribution in [-0.2, 0) is 4.74 Å². The quantitative estimate of drug-likeness (QED) is 0.211. The summed E-state index contributed by atoms with van der Waals surface area (Å²) in [5, 5.41) is 4.94. The van der Waals surface area contributed by atoms with Gasteiger partial charge in [-0.25, -0.2) is 9.97 Å². The lowest BCUT2D eigenvalue weighted by Gasteiger charge is -2.28. The van der Waals surface area contributed by atoms with Crippen molar-refractivity contribution in [3.05, 3.63) is 66.4 Å². The zero-order valence-electron chi connectivity index (χ0n) is 20.7. The highest BCUT2D eigenvalue weighted by Gasteiger charge is 2.22. The average molecular weight is 488 g/mol. The van der Waals surface area contributed by atoms with Crippen LogP contribution in [0.25, 0.3) is 22.2 Å². The molecule has 2 N–H and O–H groups in total. The smallest absolute Gasteiger partial charge is 0.263 e. The number of H-pyrrole nitrogens is 1. The molecule has 0 amide bonds. The van der Waals surface area contributed by atoms with Crippen molar-refractivity contribution in [2.45, 2.75) is 64.0 Å². The van der Waals surface area contributed by atoms with E-state index < -0.39 is 0 Å². The SMILES string of the molecule is Cc1ccc2cc(-c3cnc(C(CCCCCC(=O)c4ncco4)NC4CCOCC4)[nH]3)ccc2n1. The third-order valence-corrected chi connectivity index (χ3v) is 6.79. The van der Waals surface area contributed by atoms with E-state index in [1.54, 1.807) is 0 Å². The lowest BCUT2D eigenvalue weighted by Crippen LogP contribution is -2.37. The summed E-state index contributed by atoms with van der Waals surface area (Å²) in [4.78, 5) is 29.0. The van der Waals surface area contributed by atoms with Crippen LogP contribution in [0.3, 0.4) is 0 Å². The maximum Gasteiger partial charge on any atom is 0.263 e. The Morgan fingerprint density at radius 2 is 2.03 bits per heavy atom. The largest absolute Gasteiger partial charge is 0.442 e. The summed E-state index contributed by atoms with van der Waals surface area (Å²) in [5.41, 5.74) is 4.12. The number of carbonyl (C=O) groups excluding carboxylic acids is 1. The number of ketones is 1. The Bertz CT molecular complexity index is 1280. The summed E-state index contributed by atoms with van der Waals surface area (Å²) in [5.74, 6) is 1.12. The molecule has 188 valence electrons. The first-order chi connectivity index (χ1) is 17.7. The minimum atomic E-state index is -0.0340. The van der Waals surface area contributed by atoms with Crippen LogP contribution in [0.2, 0.25) is 0 Å². The summed E-state index contributed by atoms with van der Waals surface area (Å²) in [6.07, 6.45) is 11.1. The second-order valence-corrected chi connectivity index (χ2v) is 9.51. The van der Waals surface area contributed by atoms with Crippen LogP contribution in [-0.4, -0.2) is 45.0 Å². The first-order valence-corrected chi connectivity index (χ1v) is 12.8.